The molecule has 2 aromatic carbocycles. The Morgan fingerprint density at radius 2 is 2.05 bits per heavy atom. The third kappa shape index (κ3) is 3.02. The highest BCUT2D eigenvalue weighted by Gasteiger charge is 2.23. The smallest absolute Gasteiger partial charge is 0.324 e. The van der Waals surface area contributed by atoms with Gasteiger partial charge in [-0.3, -0.25) is 0 Å². The van der Waals surface area contributed by atoms with E-state index in [-0.39, 0.29) is 6.92 Å². The van der Waals surface area contributed by atoms with E-state index in [1.807, 2.05) is 6.07 Å². The molecule has 3 rings (SSSR count). The van der Waals surface area contributed by atoms with Crippen molar-refractivity contribution in [1.82, 2.24) is 0 Å². The average Bonchev–Trinajstić information content (AvgIpc) is 2.83. The summed E-state index contributed by atoms with van der Waals surface area (Å²) in [5.74, 6) is 0.410. The Labute approximate surface area is 132 Å². The summed E-state index contributed by atoms with van der Waals surface area (Å²) in [6, 6.07) is 13.0. The first kappa shape index (κ1) is 14.7. The Bertz CT molecular complexity index is 668. The van der Waals surface area contributed by atoms with Crippen LogP contribution in [-0.2, 0) is 17.7 Å². The molecule has 0 bridgehead atoms. The van der Waals surface area contributed by atoms with E-state index in [1.165, 1.54) is 27.7 Å². The lowest BCUT2D eigenvalue weighted by atomic mass is 9.64. The largest absolute Gasteiger partial charge is 0.427 e. The van der Waals surface area contributed by atoms with Crippen LogP contribution in [0.2, 0.25) is 11.8 Å². The zero-order valence-electron chi connectivity index (χ0n) is 12.8. The molecule has 1 atom stereocenters. The Hall–Kier alpha value is -1.25. The first-order chi connectivity index (χ1) is 10.0. The second-order valence-corrected chi connectivity index (χ2v) is 6.52. The van der Waals surface area contributed by atoms with Crippen molar-refractivity contribution in [3.05, 3.63) is 63.7 Å². The molecule has 1 heterocycles. The molecule has 108 valence electrons. The number of fused-ring (bicyclic) bond motifs is 1. The zero-order valence-corrected chi connectivity index (χ0v) is 13.6. The predicted octanol–water partition coefficient (Wildman–Crippen LogP) is 4.35. The van der Waals surface area contributed by atoms with E-state index < -0.39 is 0 Å². The van der Waals surface area contributed by atoms with Crippen LogP contribution >= 0.6 is 11.6 Å². The number of hydrogen-bond donors (Lipinski definition) is 0. The summed E-state index contributed by atoms with van der Waals surface area (Å²) < 4.78 is 5.68. The molecular formula is C18H20BClO. The summed E-state index contributed by atoms with van der Waals surface area (Å²) in [6.45, 7) is 7.44. The number of rotatable bonds is 3. The molecule has 2 aromatic rings. The topological polar surface area (TPSA) is 9.23 Å². The highest BCUT2D eigenvalue weighted by atomic mass is 35.5. The second kappa shape index (κ2) is 5.86. The summed E-state index contributed by atoms with van der Waals surface area (Å²) in [6.07, 6.45) is 1.00. The normalized spacial score (nSPS) is 15.1. The molecule has 21 heavy (non-hydrogen) atoms. The van der Waals surface area contributed by atoms with E-state index in [9.17, 15) is 0 Å². The van der Waals surface area contributed by atoms with Gasteiger partial charge in [-0.2, -0.15) is 0 Å². The molecule has 0 amide bonds. The summed E-state index contributed by atoms with van der Waals surface area (Å²) in [5, 5.41) is 0.867. The van der Waals surface area contributed by atoms with E-state index in [4.69, 9.17) is 16.3 Å². The second-order valence-electron chi connectivity index (χ2n) is 6.12. The standard InChI is InChI=1S/C18H20BClO/c1-12-4-7-18(20)16(8-12)13(2)9-14-5-6-15-11-21-19(3)17(15)10-14/h4-8,10,13H,9,11H2,1-3H3. The van der Waals surface area contributed by atoms with Gasteiger partial charge in [-0.15, -0.1) is 0 Å². The Morgan fingerprint density at radius 1 is 1.24 bits per heavy atom. The molecule has 1 nitrogen and oxygen atoms in total. The maximum atomic E-state index is 6.35. The summed E-state index contributed by atoms with van der Waals surface area (Å²) in [4.78, 5) is 0. The predicted molar refractivity (Wildman–Crippen MR) is 90.8 cm³/mol. The molecule has 0 saturated carbocycles. The van der Waals surface area contributed by atoms with Gasteiger partial charge in [0.1, 0.15) is 0 Å². The molecule has 1 unspecified atom stereocenters. The van der Waals surface area contributed by atoms with E-state index in [1.54, 1.807) is 0 Å². The summed E-state index contributed by atoms with van der Waals surface area (Å²) in [5.41, 5.74) is 6.53. The Balaban J connectivity index is 1.83. The molecule has 0 spiro atoms. The zero-order chi connectivity index (χ0) is 15.0. The van der Waals surface area contributed by atoms with Gasteiger partial charge in [0.2, 0.25) is 0 Å². The van der Waals surface area contributed by atoms with Crippen molar-refractivity contribution < 1.29 is 4.65 Å². The summed E-state index contributed by atoms with van der Waals surface area (Å²) in [7, 11) is 0. The van der Waals surface area contributed by atoms with Gasteiger partial charge in [0.05, 0.1) is 6.61 Å². The Kier molecular flexibility index (Phi) is 4.10. The lowest BCUT2D eigenvalue weighted by molar-refractivity contribution is 0.333. The van der Waals surface area contributed by atoms with Crippen LogP contribution in [0.5, 0.6) is 0 Å². The first-order valence-corrected chi connectivity index (χ1v) is 7.91. The molecule has 0 aliphatic carbocycles. The average molecular weight is 299 g/mol. The van der Waals surface area contributed by atoms with Crippen LogP contribution in [0.25, 0.3) is 0 Å². The van der Waals surface area contributed by atoms with Gasteiger partial charge in [-0.25, -0.2) is 0 Å². The minimum atomic E-state index is 0.220. The van der Waals surface area contributed by atoms with Crippen LogP contribution < -0.4 is 5.46 Å². The minimum absolute atomic E-state index is 0.220. The molecule has 0 saturated heterocycles. The fourth-order valence-electron chi connectivity index (χ4n) is 3.09. The summed E-state index contributed by atoms with van der Waals surface area (Å²) >= 11 is 6.35. The van der Waals surface area contributed by atoms with Crippen molar-refractivity contribution in [3.8, 4) is 0 Å². The molecule has 0 fully saturated rings. The van der Waals surface area contributed by atoms with Crippen molar-refractivity contribution >= 4 is 24.0 Å². The maximum absolute atomic E-state index is 6.35. The van der Waals surface area contributed by atoms with Gasteiger partial charge in [-0.05, 0) is 47.5 Å². The van der Waals surface area contributed by atoms with Gasteiger partial charge < -0.3 is 4.65 Å². The lowest BCUT2D eigenvalue weighted by Crippen LogP contribution is -2.24. The van der Waals surface area contributed by atoms with E-state index in [2.05, 4.69) is 51.0 Å². The molecule has 1 aliphatic heterocycles. The van der Waals surface area contributed by atoms with E-state index >= 15 is 0 Å². The molecule has 3 heteroatoms. The lowest BCUT2D eigenvalue weighted by Gasteiger charge is -2.15. The van der Waals surface area contributed by atoms with Gasteiger partial charge in [-0.1, -0.05) is 61.2 Å². The van der Waals surface area contributed by atoms with Crippen molar-refractivity contribution in [2.24, 2.45) is 0 Å². The van der Waals surface area contributed by atoms with Crippen LogP contribution in [0.3, 0.4) is 0 Å². The molecule has 0 N–H and O–H groups in total. The fourth-order valence-corrected chi connectivity index (χ4v) is 3.39. The fraction of sp³-hybridized carbons (Fsp3) is 0.333. The molecular weight excluding hydrogens is 278 g/mol. The highest BCUT2D eigenvalue weighted by molar-refractivity contribution is 6.67. The quantitative estimate of drug-likeness (QED) is 0.765. The van der Waals surface area contributed by atoms with Crippen LogP contribution in [0, 0.1) is 6.92 Å². The van der Waals surface area contributed by atoms with E-state index in [0.717, 1.165) is 18.1 Å². The Morgan fingerprint density at radius 3 is 2.86 bits per heavy atom. The maximum Gasteiger partial charge on any atom is 0.324 e. The van der Waals surface area contributed by atoms with Crippen LogP contribution in [0.1, 0.15) is 35.1 Å². The number of aryl methyl sites for hydroxylation is 1. The monoisotopic (exact) mass is 298 g/mol. The van der Waals surface area contributed by atoms with Crippen molar-refractivity contribution in [2.75, 3.05) is 0 Å². The van der Waals surface area contributed by atoms with Gasteiger partial charge in [0.25, 0.3) is 0 Å². The third-order valence-corrected chi connectivity index (χ3v) is 4.71. The van der Waals surface area contributed by atoms with Crippen LogP contribution in [0.15, 0.2) is 36.4 Å². The SMILES string of the molecule is CB1OCc2ccc(CC(C)c3cc(C)ccc3Cl)cc21. The van der Waals surface area contributed by atoms with Crippen LogP contribution in [-0.4, -0.2) is 6.92 Å². The van der Waals surface area contributed by atoms with Gasteiger partial charge >= 0.3 is 6.92 Å². The molecule has 0 radical (unpaired) electrons. The van der Waals surface area contributed by atoms with Gasteiger partial charge in [0, 0.05) is 5.02 Å². The minimum Gasteiger partial charge on any atom is -0.427 e. The molecule has 0 aromatic heterocycles. The van der Waals surface area contributed by atoms with Crippen molar-refractivity contribution in [2.45, 2.75) is 39.6 Å². The highest BCUT2D eigenvalue weighted by Crippen LogP contribution is 2.28. The first-order valence-electron chi connectivity index (χ1n) is 7.54. The number of benzene rings is 2. The van der Waals surface area contributed by atoms with Crippen LogP contribution in [0.4, 0.5) is 0 Å². The number of hydrogen-bond acceptors (Lipinski definition) is 1. The van der Waals surface area contributed by atoms with E-state index in [0.29, 0.717) is 5.92 Å². The molecule has 1 aliphatic rings. The van der Waals surface area contributed by atoms with Crippen molar-refractivity contribution in [1.29, 1.82) is 0 Å². The number of halogens is 1. The van der Waals surface area contributed by atoms with Crippen molar-refractivity contribution in [3.63, 3.8) is 0 Å². The van der Waals surface area contributed by atoms with Gasteiger partial charge in [0.15, 0.2) is 0 Å². The third-order valence-electron chi connectivity index (χ3n) is 4.36.